The molecule has 2 heterocycles. The molecule has 1 aliphatic heterocycles. The van der Waals surface area contributed by atoms with Gasteiger partial charge in [-0.25, -0.2) is 4.98 Å². The quantitative estimate of drug-likeness (QED) is 0.447. The molecule has 0 unspecified atom stereocenters. The van der Waals surface area contributed by atoms with Gasteiger partial charge in [-0.3, -0.25) is 9.69 Å². The van der Waals surface area contributed by atoms with E-state index in [9.17, 15) is 4.79 Å². The van der Waals surface area contributed by atoms with E-state index in [2.05, 4.69) is 32.0 Å². The van der Waals surface area contributed by atoms with Gasteiger partial charge < -0.3 is 26.3 Å². The first kappa shape index (κ1) is 21.4. The highest BCUT2D eigenvalue weighted by atomic mass is 16.5. The lowest BCUT2D eigenvalue weighted by molar-refractivity contribution is -0.114. The molecule has 10 heteroatoms. The van der Waals surface area contributed by atoms with Crippen LogP contribution in [0.3, 0.4) is 0 Å². The van der Waals surface area contributed by atoms with Crippen LogP contribution in [0.4, 0.5) is 23.0 Å². The zero-order valence-corrected chi connectivity index (χ0v) is 16.6. The summed E-state index contributed by atoms with van der Waals surface area (Å²) in [5.74, 6) is 1.21. The average molecular weight is 411 g/mol. The second-order valence-electron chi connectivity index (χ2n) is 6.55. The minimum Gasteiger partial charge on any atom is -0.459 e. The summed E-state index contributed by atoms with van der Waals surface area (Å²) in [7, 11) is 0. The third-order valence-electron chi connectivity index (χ3n) is 4.24. The highest BCUT2D eigenvalue weighted by molar-refractivity contribution is 5.91. The van der Waals surface area contributed by atoms with E-state index in [0.29, 0.717) is 48.5 Å². The first-order valence-electron chi connectivity index (χ1n) is 9.48. The lowest BCUT2D eigenvalue weighted by Crippen LogP contribution is -2.37. The molecule has 0 bridgehead atoms. The maximum Gasteiger partial charge on any atom is 0.239 e. The Kier molecular flexibility index (Phi) is 7.44. The van der Waals surface area contributed by atoms with Gasteiger partial charge in [-0.1, -0.05) is 18.7 Å². The number of nitrogens with two attached hydrogens (primary N) is 2. The van der Waals surface area contributed by atoms with Crippen molar-refractivity contribution in [3.05, 3.63) is 48.7 Å². The van der Waals surface area contributed by atoms with Crippen LogP contribution in [0.5, 0.6) is 5.75 Å². The van der Waals surface area contributed by atoms with Crippen LogP contribution >= 0.6 is 0 Å². The Labute approximate surface area is 174 Å². The number of azo groups is 1. The van der Waals surface area contributed by atoms with E-state index < -0.39 is 0 Å². The number of nitrogens with one attached hydrogen (secondary N) is 1. The molecule has 0 aliphatic carbocycles. The van der Waals surface area contributed by atoms with E-state index in [1.165, 1.54) is 0 Å². The molecular weight excluding hydrogens is 386 g/mol. The van der Waals surface area contributed by atoms with Crippen LogP contribution in [0.2, 0.25) is 0 Å². The fraction of sp³-hybridized carbons (Fsp3) is 0.300. The summed E-state index contributed by atoms with van der Waals surface area (Å²) < 4.78 is 11.3. The second kappa shape index (κ2) is 10.4. The molecular formula is C20H25N7O3. The SMILES string of the molecule is C=C(CN1CCOCC1)Oc1ccccc1/N=N/c1ccc(NC(=O)CN)nc1N. The molecule has 1 aromatic carbocycles. The van der Waals surface area contributed by atoms with E-state index in [4.69, 9.17) is 20.9 Å². The number of ether oxygens (including phenoxy) is 2. The number of para-hydroxylation sites is 1. The number of amides is 1. The van der Waals surface area contributed by atoms with Gasteiger partial charge in [0.1, 0.15) is 23.0 Å². The molecule has 0 radical (unpaired) electrons. The van der Waals surface area contributed by atoms with Crippen molar-refractivity contribution in [3.63, 3.8) is 0 Å². The summed E-state index contributed by atoms with van der Waals surface area (Å²) in [6, 6.07) is 10.4. The molecule has 1 fully saturated rings. The number of hydrogen-bond donors (Lipinski definition) is 3. The van der Waals surface area contributed by atoms with E-state index >= 15 is 0 Å². The van der Waals surface area contributed by atoms with Crippen molar-refractivity contribution in [2.75, 3.05) is 50.4 Å². The van der Waals surface area contributed by atoms with Gasteiger partial charge in [0.25, 0.3) is 0 Å². The highest BCUT2D eigenvalue weighted by Crippen LogP contribution is 2.31. The van der Waals surface area contributed by atoms with Crippen molar-refractivity contribution in [1.29, 1.82) is 0 Å². The number of morpholine rings is 1. The summed E-state index contributed by atoms with van der Waals surface area (Å²) in [6.45, 7) is 7.59. The van der Waals surface area contributed by atoms with Gasteiger partial charge in [0.15, 0.2) is 11.6 Å². The lowest BCUT2D eigenvalue weighted by Gasteiger charge is -2.27. The molecule has 3 rings (SSSR count). The maximum absolute atomic E-state index is 11.4. The molecule has 0 saturated carbocycles. The average Bonchev–Trinajstić information content (AvgIpc) is 2.74. The van der Waals surface area contributed by atoms with E-state index in [0.717, 1.165) is 13.1 Å². The molecule has 1 aliphatic rings. The zero-order valence-electron chi connectivity index (χ0n) is 16.6. The van der Waals surface area contributed by atoms with E-state index in [-0.39, 0.29) is 18.3 Å². The Morgan fingerprint density at radius 1 is 1.20 bits per heavy atom. The molecule has 1 amide bonds. The number of benzene rings is 1. The number of rotatable bonds is 8. The van der Waals surface area contributed by atoms with Crippen molar-refractivity contribution in [1.82, 2.24) is 9.88 Å². The number of pyridine rings is 1. The van der Waals surface area contributed by atoms with Crippen LogP contribution in [-0.4, -0.2) is 55.2 Å². The normalized spacial score (nSPS) is 14.6. The highest BCUT2D eigenvalue weighted by Gasteiger charge is 2.13. The first-order valence-corrected chi connectivity index (χ1v) is 9.48. The number of hydrogen-bond acceptors (Lipinski definition) is 9. The van der Waals surface area contributed by atoms with Crippen LogP contribution in [0, 0.1) is 0 Å². The van der Waals surface area contributed by atoms with Crippen molar-refractivity contribution in [2.24, 2.45) is 16.0 Å². The third-order valence-corrected chi connectivity index (χ3v) is 4.24. The zero-order chi connectivity index (χ0) is 21.3. The Morgan fingerprint density at radius 3 is 2.67 bits per heavy atom. The van der Waals surface area contributed by atoms with E-state index in [1.807, 2.05) is 12.1 Å². The van der Waals surface area contributed by atoms with Crippen LogP contribution in [0.1, 0.15) is 0 Å². The maximum atomic E-state index is 11.4. The first-order chi connectivity index (χ1) is 14.5. The molecule has 0 spiro atoms. The molecule has 10 nitrogen and oxygen atoms in total. The van der Waals surface area contributed by atoms with Crippen molar-refractivity contribution in [3.8, 4) is 5.75 Å². The van der Waals surface area contributed by atoms with Gasteiger partial charge in [0.2, 0.25) is 5.91 Å². The largest absolute Gasteiger partial charge is 0.459 e. The van der Waals surface area contributed by atoms with Crippen LogP contribution in [0.15, 0.2) is 59.0 Å². The predicted molar refractivity (Wildman–Crippen MR) is 114 cm³/mol. The van der Waals surface area contributed by atoms with Crippen LogP contribution < -0.4 is 21.5 Å². The van der Waals surface area contributed by atoms with Gasteiger partial charge in [-0.2, -0.15) is 0 Å². The van der Waals surface area contributed by atoms with Crippen molar-refractivity contribution < 1.29 is 14.3 Å². The van der Waals surface area contributed by atoms with Crippen LogP contribution in [-0.2, 0) is 9.53 Å². The fourth-order valence-corrected chi connectivity index (χ4v) is 2.75. The van der Waals surface area contributed by atoms with Gasteiger partial charge in [0, 0.05) is 13.1 Å². The van der Waals surface area contributed by atoms with Crippen molar-refractivity contribution >= 4 is 28.9 Å². The number of nitrogen functional groups attached to an aromatic ring is 1. The minimum atomic E-state index is -0.361. The molecule has 2 aromatic rings. The smallest absolute Gasteiger partial charge is 0.239 e. The molecule has 30 heavy (non-hydrogen) atoms. The number of nitrogens with zero attached hydrogens (tertiary/aromatic N) is 4. The summed E-state index contributed by atoms with van der Waals surface area (Å²) in [4.78, 5) is 17.7. The molecule has 1 saturated heterocycles. The Balaban J connectivity index is 1.67. The van der Waals surface area contributed by atoms with Gasteiger partial charge >= 0.3 is 0 Å². The molecule has 1 aromatic heterocycles. The Hall–Kier alpha value is -3.34. The standard InChI is InChI=1S/C20H25N7O3/c1-14(13-27-8-10-29-11-9-27)30-17-5-3-2-4-15(17)25-26-16-6-7-18(24-20(16)22)23-19(28)12-21/h2-7H,1,8-13,21H2,(H3,22,23,24,28)/b26-25+. The number of carbonyl (C=O) groups is 1. The third kappa shape index (κ3) is 6.08. The summed E-state index contributed by atoms with van der Waals surface area (Å²) in [6.07, 6.45) is 0. The minimum absolute atomic E-state index is 0.128. The summed E-state index contributed by atoms with van der Waals surface area (Å²) in [5, 5.41) is 10.9. The topological polar surface area (TPSA) is 140 Å². The second-order valence-corrected chi connectivity index (χ2v) is 6.55. The summed E-state index contributed by atoms with van der Waals surface area (Å²) >= 11 is 0. The van der Waals surface area contributed by atoms with Crippen molar-refractivity contribution in [2.45, 2.75) is 0 Å². The Bertz CT molecular complexity index is 926. The number of carbonyl (C=O) groups excluding carboxylic acids is 1. The lowest BCUT2D eigenvalue weighted by atomic mass is 10.3. The van der Waals surface area contributed by atoms with Gasteiger partial charge in [-0.15, -0.1) is 10.2 Å². The molecule has 0 atom stereocenters. The van der Waals surface area contributed by atoms with Gasteiger partial charge in [0.05, 0.1) is 26.3 Å². The predicted octanol–water partition coefficient (Wildman–Crippen LogP) is 2.20. The van der Waals surface area contributed by atoms with E-state index in [1.54, 1.807) is 24.3 Å². The van der Waals surface area contributed by atoms with Crippen LogP contribution in [0.25, 0.3) is 0 Å². The molecule has 158 valence electrons. The molecule has 5 N–H and O–H groups in total. The summed E-state index contributed by atoms with van der Waals surface area (Å²) in [5.41, 5.74) is 12.1. The Morgan fingerprint density at radius 2 is 1.93 bits per heavy atom. The monoisotopic (exact) mass is 411 g/mol. The fourth-order valence-electron chi connectivity index (χ4n) is 2.75. The van der Waals surface area contributed by atoms with Gasteiger partial charge in [-0.05, 0) is 24.3 Å². The number of aromatic nitrogens is 1. The number of anilines is 2.